The first kappa shape index (κ1) is 78.8. The van der Waals surface area contributed by atoms with Crippen molar-refractivity contribution in [2.75, 3.05) is 19.8 Å². The summed E-state index contributed by atoms with van der Waals surface area (Å²) >= 11 is 0. The normalized spacial score (nSPS) is 23.6. The van der Waals surface area contributed by atoms with E-state index in [1.54, 1.807) is 0 Å². The van der Waals surface area contributed by atoms with Gasteiger partial charge in [0.05, 0.1) is 32.0 Å². The van der Waals surface area contributed by atoms with Gasteiger partial charge in [-0.2, -0.15) is 0 Å². The molecule has 2 rings (SSSR count). The van der Waals surface area contributed by atoms with Crippen molar-refractivity contribution in [3.05, 3.63) is 12.2 Å². The lowest BCUT2D eigenvalue weighted by Crippen LogP contribution is -2.65. The smallest absolute Gasteiger partial charge is 0.220 e. The van der Waals surface area contributed by atoms with Crippen LogP contribution in [0.2, 0.25) is 0 Å². The van der Waals surface area contributed by atoms with Gasteiger partial charge >= 0.3 is 0 Å². The van der Waals surface area contributed by atoms with Crippen molar-refractivity contribution in [2.24, 2.45) is 0 Å². The second kappa shape index (κ2) is 55.8. The molecule has 0 aromatic carbocycles. The SMILES string of the molecule is CCCCCCCCCC/C=C\CCCCCCCCCCCCCCCCCC(=O)NC(COC1OC(CO)C(OC2OC(CO)C(O)C(O)C2O)C(O)C1O)C(O)CCCCCCCCCCCCCCCCCCCCCCCCC. The van der Waals surface area contributed by atoms with Gasteiger partial charge in [-0.1, -0.05) is 302 Å². The molecule has 2 heterocycles. The van der Waals surface area contributed by atoms with Crippen LogP contribution in [0.1, 0.15) is 335 Å². The lowest BCUT2D eigenvalue weighted by molar-refractivity contribution is -0.359. The number of amides is 1. The maximum atomic E-state index is 13.4. The molecule has 0 aromatic rings. The number of nitrogens with one attached hydrogen (secondary N) is 1. The van der Waals surface area contributed by atoms with E-state index >= 15 is 0 Å². The molecule has 1 amide bonds. The lowest BCUT2D eigenvalue weighted by Gasteiger charge is -2.46. The number of allylic oxidation sites excluding steroid dienone is 2. The van der Waals surface area contributed by atoms with Crippen LogP contribution in [-0.4, -0.2) is 140 Å². The van der Waals surface area contributed by atoms with E-state index in [-0.39, 0.29) is 12.5 Å². The van der Waals surface area contributed by atoms with Crippen LogP contribution in [0.15, 0.2) is 12.2 Å². The molecule has 0 saturated carbocycles. The number of carbonyl (C=O) groups excluding carboxylic acids is 1. The Morgan fingerprint density at radius 3 is 1.13 bits per heavy atom. The summed E-state index contributed by atoms with van der Waals surface area (Å²) < 4.78 is 22.9. The molecule has 9 N–H and O–H groups in total. The van der Waals surface area contributed by atoms with Gasteiger partial charge in [-0.15, -0.1) is 0 Å². The van der Waals surface area contributed by atoms with Crippen molar-refractivity contribution in [3.63, 3.8) is 0 Å². The van der Waals surface area contributed by atoms with Gasteiger partial charge in [0.2, 0.25) is 5.91 Å². The van der Waals surface area contributed by atoms with Gasteiger partial charge in [0.25, 0.3) is 0 Å². The fraction of sp³-hybridized carbons (Fsp3) is 0.957. The number of unbranched alkanes of at least 4 members (excludes halogenated alkanes) is 45. The van der Waals surface area contributed by atoms with Crippen LogP contribution in [0, 0.1) is 0 Å². The highest BCUT2D eigenvalue weighted by Crippen LogP contribution is 2.30. The third-order valence-electron chi connectivity index (χ3n) is 18.0. The quantitative estimate of drug-likeness (QED) is 0.0204. The molecule has 2 saturated heterocycles. The Hall–Kier alpha value is -1.27. The minimum atomic E-state index is -1.78. The molecule has 0 aliphatic carbocycles. The Morgan fingerprint density at radius 1 is 0.417 bits per heavy atom. The van der Waals surface area contributed by atoms with Crippen LogP contribution in [0.5, 0.6) is 0 Å². The zero-order valence-corrected chi connectivity index (χ0v) is 54.2. The van der Waals surface area contributed by atoms with E-state index in [1.807, 2.05) is 0 Å². The number of carbonyl (C=O) groups is 1. The summed E-state index contributed by atoms with van der Waals surface area (Å²) in [6, 6.07) is -0.826. The van der Waals surface area contributed by atoms with Crippen LogP contribution in [0.4, 0.5) is 0 Å². The molecule has 2 aliphatic heterocycles. The van der Waals surface area contributed by atoms with E-state index in [2.05, 4.69) is 31.3 Å². The molecule has 0 aromatic heterocycles. The largest absolute Gasteiger partial charge is 0.394 e. The van der Waals surface area contributed by atoms with Gasteiger partial charge in [-0.25, -0.2) is 0 Å². The predicted octanol–water partition coefficient (Wildman–Crippen LogP) is 14.6. The van der Waals surface area contributed by atoms with E-state index in [0.717, 1.165) is 51.4 Å². The predicted molar refractivity (Wildman–Crippen MR) is 342 cm³/mol. The third-order valence-corrected chi connectivity index (χ3v) is 18.0. The Bertz CT molecular complexity index is 1460. The summed E-state index contributed by atoms with van der Waals surface area (Å²) in [4.78, 5) is 13.4. The van der Waals surface area contributed by atoms with Crippen LogP contribution in [-0.2, 0) is 23.7 Å². The Morgan fingerprint density at radius 2 is 0.750 bits per heavy atom. The maximum absolute atomic E-state index is 13.4. The Labute approximate surface area is 514 Å². The number of hydrogen-bond donors (Lipinski definition) is 9. The first-order chi connectivity index (χ1) is 41.1. The molecule has 84 heavy (non-hydrogen) atoms. The maximum Gasteiger partial charge on any atom is 0.220 e. The van der Waals surface area contributed by atoms with Crippen molar-refractivity contribution in [1.82, 2.24) is 5.32 Å². The number of hydrogen-bond acceptors (Lipinski definition) is 13. The summed E-state index contributed by atoms with van der Waals surface area (Å²) in [5.74, 6) is -0.199. The van der Waals surface area contributed by atoms with Crippen LogP contribution >= 0.6 is 0 Å². The minimum Gasteiger partial charge on any atom is -0.394 e. The first-order valence-electron chi connectivity index (χ1n) is 35.9. The van der Waals surface area contributed by atoms with E-state index in [1.165, 1.54) is 257 Å². The van der Waals surface area contributed by atoms with Crippen molar-refractivity contribution >= 4 is 5.91 Å². The molecule has 498 valence electrons. The summed E-state index contributed by atoms with van der Waals surface area (Å²) in [6.45, 7) is 2.92. The van der Waals surface area contributed by atoms with Crippen molar-refractivity contribution in [1.29, 1.82) is 0 Å². The molecule has 2 aliphatic rings. The average Bonchev–Trinajstić information content (AvgIpc) is 3.62. The topological polar surface area (TPSA) is 228 Å². The van der Waals surface area contributed by atoms with E-state index in [0.29, 0.717) is 12.8 Å². The molecule has 14 heteroatoms. The van der Waals surface area contributed by atoms with Crippen molar-refractivity contribution in [2.45, 2.75) is 408 Å². The highest BCUT2D eigenvalue weighted by Gasteiger charge is 2.51. The van der Waals surface area contributed by atoms with Crippen LogP contribution in [0.25, 0.3) is 0 Å². The fourth-order valence-electron chi connectivity index (χ4n) is 12.2. The lowest BCUT2D eigenvalue weighted by atomic mass is 9.97. The fourth-order valence-corrected chi connectivity index (χ4v) is 12.2. The Kier molecular flexibility index (Phi) is 52.3. The molecule has 0 spiro atoms. The van der Waals surface area contributed by atoms with Gasteiger partial charge in [0.1, 0.15) is 48.8 Å². The summed E-state index contributed by atoms with van der Waals surface area (Å²) in [7, 11) is 0. The zero-order valence-electron chi connectivity index (χ0n) is 54.2. The number of aliphatic hydroxyl groups is 8. The van der Waals surface area contributed by atoms with Gasteiger partial charge < -0.3 is 65.1 Å². The Balaban J connectivity index is 1.66. The summed E-state index contributed by atoms with van der Waals surface area (Å²) in [6.07, 6.45) is 50.8. The molecular formula is C70H135NO13. The van der Waals surface area contributed by atoms with E-state index in [9.17, 15) is 45.6 Å². The highest BCUT2D eigenvalue weighted by atomic mass is 16.7. The van der Waals surface area contributed by atoms with E-state index in [4.69, 9.17) is 18.9 Å². The first-order valence-corrected chi connectivity index (χ1v) is 35.9. The minimum absolute atomic E-state index is 0.199. The monoisotopic (exact) mass is 1200 g/mol. The molecule has 0 bridgehead atoms. The second-order valence-corrected chi connectivity index (χ2v) is 25.7. The molecule has 0 radical (unpaired) electrons. The standard InChI is InChI=1S/C70H135NO13/c1-3-5-7-9-11-13-15-17-19-21-23-25-27-28-29-30-32-34-36-38-40-42-44-46-48-50-52-54-62(75)71-58(57-81-69-67(80)65(78)68(61(56-73)83-69)84-70-66(79)64(77)63(76)60(55-72)82-70)59(74)53-51-49-47-45-43-41-39-37-35-33-31-26-24-22-20-18-16-14-12-10-8-6-4-2/h21,23,58-61,63-70,72-74,76-80H,3-20,22,24-57H2,1-2H3,(H,71,75)/b23-21-. The molecule has 2 fully saturated rings. The summed E-state index contributed by atoms with van der Waals surface area (Å²) in [5, 5.41) is 87.6. The third kappa shape index (κ3) is 39.7. The molecule has 12 unspecified atom stereocenters. The van der Waals surface area contributed by atoms with Gasteiger partial charge in [-0.05, 0) is 38.5 Å². The van der Waals surface area contributed by atoms with Crippen LogP contribution in [0.3, 0.4) is 0 Å². The zero-order chi connectivity index (χ0) is 60.9. The van der Waals surface area contributed by atoms with Gasteiger partial charge in [-0.3, -0.25) is 4.79 Å². The van der Waals surface area contributed by atoms with Crippen molar-refractivity contribution < 1.29 is 64.6 Å². The number of aliphatic hydroxyl groups excluding tert-OH is 8. The van der Waals surface area contributed by atoms with E-state index < -0.39 is 86.8 Å². The van der Waals surface area contributed by atoms with Gasteiger partial charge in [0.15, 0.2) is 12.6 Å². The van der Waals surface area contributed by atoms with Crippen molar-refractivity contribution in [3.8, 4) is 0 Å². The number of ether oxygens (including phenoxy) is 4. The molecule has 12 atom stereocenters. The second-order valence-electron chi connectivity index (χ2n) is 25.7. The highest BCUT2D eigenvalue weighted by molar-refractivity contribution is 5.76. The molecule has 14 nitrogen and oxygen atoms in total. The summed E-state index contributed by atoms with van der Waals surface area (Å²) in [5.41, 5.74) is 0. The number of rotatable bonds is 60. The van der Waals surface area contributed by atoms with Crippen LogP contribution < -0.4 is 5.32 Å². The average molecular weight is 1200 g/mol. The molecular weight excluding hydrogens is 1060 g/mol. The van der Waals surface area contributed by atoms with Gasteiger partial charge in [0, 0.05) is 6.42 Å².